The van der Waals surface area contributed by atoms with Gasteiger partial charge in [-0.15, -0.1) is 0 Å². The van der Waals surface area contributed by atoms with Crippen LogP contribution in [0.5, 0.6) is 0 Å². The molecule has 26 heavy (non-hydrogen) atoms. The molecule has 2 fully saturated rings. The van der Waals surface area contributed by atoms with Gasteiger partial charge in [0.2, 0.25) is 10.0 Å². The summed E-state index contributed by atoms with van der Waals surface area (Å²) in [5.74, 6) is 0.929. The van der Waals surface area contributed by atoms with Crippen molar-refractivity contribution in [3.63, 3.8) is 0 Å². The number of hydrogen-bond acceptors (Lipinski definition) is 3. The van der Waals surface area contributed by atoms with Crippen molar-refractivity contribution in [2.45, 2.75) is 75.7 Å². The van der Waals surface area contributed by atoms with Crippen molar-refractivity contribution in [3.8, 4) is 0 Å². The molecule has 1 N–H and O–H groups in total. The first-order chi connectivity index (χ1) is 12.0. The molecule has 1 aliphatic carbocycles. The maximum absolute atomic E-state index is 13.1. The second-order valence-corrected chi connectivity index (χ2v) is 11.4. The van der Waals surface area contributed by atoms with Crippen LogP contribution in [0.3, 0.4) is 0 Å². The molecule has 1 heterocycles. The summed E-state index contributed by atoms with van der Waals surface area (Å²) in [5, 5.41) is 10.8. The highest BCUT2D eigenvalue weighted by molar-refractivity contribution is 7.89. The van der Waals surface area contributed by atoms with Gasteiger partial charge in [-0.2, -0.15) is 4.31 Å². The molecule has 1 aromatic carbocycles. The van der Waals surface area contributed by atoms with Crippen molar-refractivity contribution in [2.75, 3.05) is 13.1 Å². The van der Waals surface area contributed by atoms with Crippen molar-refractivity contribution in [3.05, 3.63) is 29.8 Å². The van der Waals surface area contributed by atoms with Crippen LogP contribution in [0.4, 0.5) is 0 Å². The Balaban J connectivity index is 1.76. The fourth-order valence-corrected chi connectivity index (χ4v) is 5.38. The summed E-state index contributed by atoms with van der Waals surface area (Å²) in [6.45, 7) is 9.12. The lowest BCUT2D eigenvalue weighted by molar-refractivity contribution is -0.00978. The lowest BCUT2D eigenvalue weighted by Crippen LogP contribution is -2.35. The maximum atomic E-state index is 13.1. The van der Waals surface area contributed by atoms with E-state index in [4.69, 9.17) is 0 Å². The average molecular weight is 380 g/mol. The summed E-state index contributed by atoms with van der Waals surface area (Å²) in [6, 6.07) is 7.27. The fourth-order valence-electron chi connectivity index (χ4n) is 3.92. The molecule has 4 nitrogen and oxygen atoms in total. The predicted molar refractivity (Wildman–Crippen MR) is 105 cm³/mol. The van der Waals surface area contributed by atoms with E-state index in [9.17, 15) is 13.5 Å². The Hall–Kier alpha value is -0.910. The molecule has 2 unspecified atom stereocenters. The van der Waals surface area contributed by atoms with Gasteiger partial charge in [-0.25, -0.2) is 8.42 Å². The van der Waals surface area contributed by atoms with E-state index >= 15 is 0 Å². The van der Waals surface area contributed by atoms with Crippen molar-refractivity contribution < 1.29 is 13.5 Å². The molecule has 3 rings (SSSR count). The third-order valence-electron chi connectivity index (χ3n) is 6.15. The van der Waals surface area contributed by atoms with Crippen molar-refractivity contribution in [2.24, 2.45) is 11.8 Å². The lowest BCUT2D eigenvalue weighted by Gasteiger charge is -2.30. The number of benzene rings is 1. The van der Waals surface area contributed by atoms with E-state index in [0.29, 0.717) is 24.4 Å². The summed E-state index contributed by atoms with van der Waals surface area (Å²) in [7, 11) is -3.51. The third-order valence-corrected chi connectivity index (χ3v) is 8.06. The van der Waals surface area contributed by atoms with E-state index in [0.717, 1.165) is 24.3 Å². The number of sulfonamides is 1. The van der Waals surface area contributed by atoms with Gasteiger partial charge < -0.3 is 5.11 Å². The van der Waals surface area contributed by atoms with Gasteiger partial charge in [0.1, 0.15) is 0 Å². The van der Waals surface area contributed by atoms with Crippen LogP contribution < -0.4 is 0 Å². The van der Waals surface area contributed by atoms with E-state index < -0.39 is 15.6 Å². The SMILES string of the molecule is CC(C)(C)c1ccc(S(=O)(=O)N2CCC(CC3CC3)C(C)(O)CC2)cc1. The van der Waals surface area contributed by atoms with Gasteiger partial charge >= 0.3 is 0 Å². The summed E-state index contributed by atoms with van der Waals surface area (Å²) >= 11 is 0. The Kier molecular flexibility index (Phi) is 5.28. The highest BCUT2D eigenvalue weighted by Gasteiger charge is 2.40. The summed E-state index contributed by atoms with van der Waals surface area (Å²) < 4.78 is 27.8. The Morgan fingerprint density at radius 1 is 1.12 bits per heavy atom. The monoisotopic (exact) mass is 379 g/mol. The van der Waals surface area contributed by atoms with Crippen LogP contribution in [0.2, 0.25) is 0 Å². The number of hydrogen-bond donors (Lipinski definition) is 1. The van der Waals surface area contributed by atoms with Crippen LogP contribution in [0.25, 0.3) is 0 Å². The Morgan fingerprint density at radius 2 is 1.73 bits per heavy atom. The number of rotatable bonds is 4. The molecule has 2 atom stereocenters. The van der Waals surface area contributed by atoms with Crippen LogP contribution in [-0.4, -0.2) is 36.5 Å². The highest BCUT2D eigenvalue weighted by Crippen LogP contribution is 2.42. The van der Waals surface area contributed by atoms with Gasteiger partial charge in [-0.1, -0.05) is 45.7 Å². The van der Waals surface area contributed by atoms with E-state index in [1.807, 2.05) is 19.1 Å². The van der Waals surface area contributed by atoms with Crippen LogP contribution >= 0.6 is 0 Å². The highest BCUT2D eigenvalue weighted by atomic mass is 32.2. The molecule has 0 amide bonds. The van der Waals surface area contributed by atoms with E-state index in [1.54, 1.807) is 16.4 Å². The Morgan fingerprint density at radius 3 is 2.27 bits per heavy atom. The molecule has 1 aliphatic heterocycles. The zero-order valence-corrected chi connectivity index (χ0v) is 17.3. The van der Waals surface area contributed by atoms with Gasteiger partial charge in [0, 0.05) is 13.1 Å². The Labute approximate surface area is 158 Å². The fraction of sp³-hybridized carbons (Fsp3) is 0.714. The molecule has 2 aliphatic rings. The first kappa shape index (κ1) is 19.8. The van der Waals surface area contributed by atoms with Gasteiger partial charge in [0.25, 0.3) is 0 Å². The van der Waals surface area contributed by atoms with Crippen LogP contribution in [0.1, 0.15) is 65.4 Å². The largest absolute Gasteiger partial charge is 0.390 e. The van der Waals surface area contributed by atoms with Gasteiger partial charge in [-0.3, -0.25) is 0 Å². The van der Waals surface area contributed by atoms with Crippen LogP contribution in [0, 0.1) is 11.8 Å². The van der Waals surface area contributed by atoms with Crippen molar-refractivity contribution in [1.29, 1.82) is 0 Å². The molecule has 146 valence electrons. The average Bonchev–Trinajstić information content (AvgIpc) is 3.37. The Bertz CT molecular complexity index is 728. The molecule has 1 saturated heterocycles. The number of nitrogens with zero attached hydrogens (tertiary/aromatic N) is 1. The van der Waals surface area contributed by atoms with Crippen LogP contribution in [0.15, 0.2) is 29.2 Å². The molecule has 0 bridgehead atoms. The zero-order valence-electron chi connectivity index (χ0n) is 16.5. The summed E-state index contributed by atoms with van der Waals surface area (Å²) in [4.78, 5) is 0.353. The quantitative estimate of drug-likeness (QED) is 0.862. The standard InChI is InChI=1S/C21H33NO3S/c1-20(2,3)17-7-9-19(10-8-17)26(24,25)22-13-11-18(15-16-5-6-16)21(4,23)12-14-22/h7-10,16,18,23H,5-6,11-15H2,1-4H3. The van der Waals surface area contributed by atoms with Gasteiger partial charge in [-0.05, 0) is 61.1 Å². The maximum Gasteiger partial charge on any atom is 0.243 e. The number of aliphatic hydroxyl groups is 1. The molecule has 5 heteroatoms. The lowest BCUT2D eigenvalue weighted by atomic mass is 9.81. The normalized spacial score (nSPS) is 28.7. The zero-order chi connectivity index (χ0) is 19.2. The minimum atomic E-state index is -3.51. The molecule has 1 aromatic rings. The smallest absolute Gasteiger partial charge is 0.243 e. The summed E-state index contributed by atoms with van der Waals surface area (Å²) in [6.07, 6.45) is 4.79. The minimum absolute atomic E-state index is 0.000367. The molecule has 1 saturated carbocycles. The predicted octanol–water partition coefficient (Wildman–Crippen LogP) is 3.94. The molecule has 0 radical (unpaired) electrons. The molecular formula is C21H33NO3S. The first-order valence-electron chi connectivity index (χ1n) is 9.83. The van der Waals surface area contributed by atoms with Gasteiger partial charge in [0.05, 0.1) is 10.5 Å². The van der Waals surface area contributed by atoms with Crippen molar-refractivity contribution >= 4 is 10.0 Å². The minimum Gasteiger partial charge on any atom is -0.390 e. The summed E-state index contributed by atoms with van der Waals surface area (Å²) in [5.41, 5.74) is 0.350. The van der Waals surface area contributed by atoms with E-state index in [2.05, 4.69) is 20.8 Å². The first-order valence-corrected chi connectivity index (χ1v) is 11.3. The molecule has 0 spiro atoms. The molecule has 0 aromatic heterocycles. The third kappa shape index (κ3) is 4.32. The van der Waals surface area contributed by atoms with Crippen LogP contribution in [-0.2, 0) is 15.4 Å². The second-order valence-electron chi connectivity index (χ2n) is 9.45. The topological polar surface area (TPSA) is 57.6 Å². The van der Waals surface area contributed by atoms with Gasteiger partial charge in [0.15, 0.2) is 0 Å². The second kappa shape index (κ2) is 6.92. The van der Waals surface area contributed by atoms with E-state index in [1.165, 1.54) is 12.8 Å². The van der Waals surface area contributed by atoms with E-state index in [-0.39, 0.29) is 11.3 Å². The van der Waals surface area contributed by atoms with Crippen molar-refractivity contribution in [1.82, 2.24) is 4.31 Å². The molecular weight excluding hydrogens is 346 g/mol.